The third kappa shape index (κ3) is 2.97. The summed E-state index contributed by atoms with van der Waals surface area (Å²) in [4.78, 5) is 13.7. The number of nitrogens with zero attached hydrogens (tertiary/aromatic N) is 2. The average molecular weight is 266 g/mol. The predicted molar refractivity (Wildman–Crippen MR) is 70.7 cm³/mol. The van der Waals surface area contributed by atoms with Crippen molar-refractivity contribution in [3.63, 3.8) is 0 Å². The molecule has 0 saturated carbocycles. The third-order valence-corrected chi connectivity index (χ3v) is 3.81. The molecule has 19 heavy (non-hydrogen) atoms. The van der Waals surface area contributed by atoms with E-state index < -0.39 is 5.60 Å². The molecule has 0 spiro atoms. The van der Waals surface area contributed by atoms with Crippen LogP contribution >= 0.6 is 0 Å². The zero-order valence-corrected chi connectivity index (χ0v) is 11.9. The van der Waals surface area contributed by atoms with Crippen LogP contribution in [0.1, 0.15) is 43.2 Å². The number of β-amino-alcohol motifs (C(OH)–C–C–N with tert-alkyl or cyclic N) is 1. The summed E-state index contributed by atoms with van der Waals surface area (Å²) in [7, 11) is 0. The Morgan fingerprint density at radius 2 is 2.16 bits per heavy atom. The summed E-state index contributed by atoms with van der Waals surface area (Å²) in [5, 5.41) is 13.9. The minimum atomic E-state index is -0.645. The molecule has 5 nitrogen and oxygen atoms in total. The number of hydrogen-bond donors (Lipinski definition) is 1. The highest BCUT2D eigenvalue weighted by Gasteiger charge is 2.42. The molecule has 0 bridgehead atoms. The number of carbonyl (C=O) groups is 1. The van der Waals surface area contributed by atoms with Crippen molar-refractivity contribution in [1.29, 1.82) is 0 Å². The van der Waals surface area contributed by atoms with Crippen LogP contribution in [-0.4, -0.2) is 39.8 Å². The number of hydrogen-bond acceptors (Lipinski definition) is 4. The number of likely N-dealkylation sites (tertiary alicyclic amines) is 1. The lowest BCUT2D eigenvalue weighted by Crippen LogP contribution is -2.63. The number of amides is 1. The van der Waals surface area contributed by atoms with Crippen molar-refractivity contribution >= 4 is 5.91 Å². The number of aromatic nitrogens is 1. The predicted octanol–water partition coefficient (Wildman–Crippen LogP) is 1.60. The molecule has 0 aliphatic carbocycles. The van der Waals surface area contributed by atoms with Gasteiger partial charge in [-0.3, -0.25) is 4.79 Å². The Kier molecular flexibility index (Phi) is 3.94. The van der Waals surface area contributed by atoms with Crippen molar-refractivity contribution in [3.8, 4) is 0 Å². The summed E-state index contributed by atoms with van der Waals surface area (Å²) in [5.74, 6) is 0.886. The van der Waals surface area contributed by atoms with E-state index in [1.165, 1.54) is 0 Å². The molecule has 0 radical (unpaired) electrons. The topological polar surface area (TPSA) is 66.6 Å². The number of aryl methyl sites for hydroxylation is 2. The first-order chi connectivity index (χ1) is 8.95. The van der Waals surface area contributed by atoms with Gasteiger partial charge in [-0.05, 0) is 26.7 Å². The Morgan fingerprint density at radius 3 is 2.68 bits per heavy atom. The van der Waals surface area contributed by atoms with Gasteiger partial charge < -0.3 is 14.5 Å². The molecular weight excluding hydrogens is 244 g/mol. The minimum Gasteiger partial charge on any atom is -0.386 e. The standard InChI is InChI=1S/C14H22N2O3/c1-4-7-14(18)8-16(9-14)13(17)6-5-12-10(2)15-19-11(12)3/h18H,4-9H2,1-3H3. The zero-order valence-electron chi connectivity index (χ0n) is 11.9. The largest absolute Gasteiger partial charge is 0.386 e. The smallest absolute Gasteiger partial charge is 0.223 e. The van der Waals surface area contributed by atoms with Crippen LogP contribution in [0.5, 0.6) is 0 Å². The maximum absolute atomic E-state index is 12.0. The first kappa shape index (κ1) is 14.1. The second-order valence-corrected chi connectivity index (χ2v) is 5.53. The first-order valence-corrected chi connectivity index (χ1v) is 6.87. The van der Waals surface area contributed by atoms with Crippen LogP contribution in [0.25, 0.3) is 0 Å². The third-order valence-electron chi connectivity index (χ3n) is 3.81. The fourth-order valence-electron chi connectivity index (χ4n) is 2.71. The minimum absolute atomic E-state index is 0.0979. The zero-order chi connectivity index (χ0) is 14.0. The molecule has 1 aliphatic heterocycles. The highest BCUT2D eigenvalue weighted by molar-refractivity contribution is 5.77. The molecule has 0 atom stereocenters. The Hall–Kier alpha value is -1.36. The maximum Gasteiger partial charge on any atom is 0.223 e. The van der Waals surface area contributed by atoms with E-state index in [0.717, 1.165) is 29.9 Å². The maximum atomic E-state index is 12.0. The molecule has 1 aliphatic rings. The first-order valence-electron chi connectivity index (χ1n) is 6.87. The summed E-state index contributed by atoms with van der Waals surface area (Å²) in [6, 6.07) is 0. The lowest BCUT2D eigenvalue weighted by molar-refractivity contribution is -0.156. The van der Waals surface area contributed by atoms with Crippen molar-refractivity contribution in [1.82, 2.24) is 10.1 Å². The van der Waals surface area contributed by atoms with Crippen LogP contribution in [0.4, 0.5) is 0 Å². The molecule has 0 unspecified atom stereocenters. The van der Waals surface area contributed by atoms with Crippen LogP contribution in [0.3, 0.4) is 0 Å². The lowest BCUT2D eigenvalue weighted by atomic mass is 9.89. The van der Waals surface area contributed by atoms with Crippen molar-refractivity contribution in [2.24, 2.45) is 0 Å². The average Bonchev–Trinajstić information content (AvgIpc) is 2.63. The van der Waals surface area contributed by atoms with Crippen molar-refractivity contribution < 1.29 is 14.4 Å². The van der Waals surface area contributed by atoms with Gasteiger partial charge in [-0.15, -0.1) is 0 Å². The normalized spacial score (nSPS) is 17.4. The van der Waals surface area contributed by atoms with E-state index in [2.05, 4.69) is 5.16 Å². The van der Waals surface area contributed by atoms with Gasteiger partial charge in [0.1, 0.15) is 5.76 Å². The van der Waals surface area contributed by atoms with Gasteiger partial charge in [0, 0.05) is 12.0 Å². The van der Waals surface area contributed by atoms with E-state index >= 15 is 0 Å². The molecule has 0 aromatic carbocycles. The molecule has 2 heterocycles. The summed E-state index contributed by atoms with van der Waals surface area (Å²) >= 11 is 0. The van der Waals surface area contributed by atoms with Gasteiger partial charge in [0.15, 0.2) is 0 Å². The van der Waals surface area contributed by atoms with E-state index in [1.54, 1.807) is 4.90 Å². The van der Waals surface area contributed by atoms with E-state index in [0.29, 0.717) is 25.9 Å². The summed E-state index contributed by atoms with van der Waals surface area (Å²) < 4.78 is 5.08. The molecular formula is C14H22N2O3. The molecule has 106 valence electrons. The fourth-order valence-corrected chi connectivity index (χ4v) is 2.71. The van der Waals surface area contributed by atoms with Gasteiger partial charge in [0.25, 0.3) is 0 Å². The highest BCUT2D eigenvalue weighted by atomic mass is 16.5. The molecule has 1 fully saturated rings. The van der Waals surface area contributed by atoms with Gasteiger partial charge in [0.2, 0.25) is 5.91 Å². The summed E-state index contributed by atoms with van der Waals surface area (Å²) in [6.45, 7) is 6.74. The fraction of sp³-hybridized carbons (Fsp3) is 0.714. The number of rotatable bonds is 5. The van der Waals surface area contributed by atoms with Crippen LogP contribution in [0, 0.1) is 13.8 Å². The Balaban J connectivity index is 1.81. The van der Waals surface area contributed by atoms with Crippen LogP contribution in [0.15, 0.2) is 4.52 Å². The van der Waals surface area contributed by atoms with Crippen molar-refractivity contribution in [3.05, 3.63) is 17.0 Å². The second kappa shape index (κ2) is 5.33. The Labute approximate surface area is 113 Å². The quantitative estimate of drug-likeness (QED) is 0.879. The number of aliphatic hydroxyl groups is 1. The Morgan fingerprint density at radius 1 is 1.47 bits per heavy atom. The van der Waals surface area contributed by atoms with Gasteiger partial charge in [-0.1, -0.05) is 18.5 Å². The van der Waals surface area contributed by atoms with E-state index in [1.807, 2.05) is 20.8 Å². The number of carbonyl (C=O) groups excluding carboxylic acids is 1. The van der Waals surface area contributed by atoms with E-state index in [-0.39, 0.29) is 5.91 Å². The van der Waals surface area contributed by atoms with Gasteiger partial charge >= 0.3 is 0 Å². The van der Waals surface area contributed by atoms with Crippen LogP contribution in [0.2, 0.25) is 0 Å². The molecule has 5 heteroatoms. The molecule has 1 N–H and O–H groups in total. The highest BCUT2D eigenvalue weighted by Crippen LogP contribution is 2.26. The van der Waals surface area contributed by atoms with Crippen molar-refractivity contribution in [2.45, 2.75) is 52.1 Å². The van der Waals surface area contributed by atoms with E-state index in [4.69, 9.17) is 4.52 Å². The molecule has 1 amide bonds. The lowest BCUT2D eigenvalue weighted by Gasteiger charge is -2.46. The van der Waals surface area contributed by atoms with Crippen LogP contribution in [-0.2, 0) is 11.2 Å². The summed E-state index contributed by atoms with van der Waals surface area (Å²) in [5.41, 5.74) is 1.24. The van der Waals surface area contributed by atoms with Gasteiger partial charge in [-0.2, -0.15) is 0 Å². The van der Waals surface area contributed by atoms with Gasteiger partial charge in [-0.25, -0.2) is 0 Å². The molecule has 1 saturated heterocycles. The Bertz CT molecular complexity index is 442. The molecule has 1 aromatic heterocycles. The second-order valence-electron chi connectivity index (χ2n) is 5.53. The molecule has 1 aromatic rings. The molecule has 2 rings (SSSR count). The van der Waals surface area contributed by atoms with Gasteiger partial charge in [0.05, 0.1) is 24.4 Å². The monoisotopic (exact) mass is 266 g/mol. The van der Waals surface area contributed by atoms with Crippen LogP contribution < -0.4 is 0 Å². The summed E-state index contributed by atoms with van der Waals surface area (Å²) in [6.07, 6.45) is 2.81. The van der Waals surface area contributed by atoms with E-state index in [9.17, 15) is 9.90 Å². The van der Waals surface area contributed by atoms with Crippen molar-refractivity contribution in [2.75, 3.05) is 13.1 Å². The SMILES string of the molecule is CCCC1(O)CN(C(=O)CCc2c(C)noc2C)C1.